The molecular formula is C67H44N10. The van der Waals surface area contributed by atoms with Gasteiger partial charge in [0.05, 0.1) is 34.5 Å². The first-order valence-corrected chi connectivity index (χ1v) is 25.8. The first-order valence-electron chi connectivity index (χ1n) is 25.8. The number of hydrogen-bond donors (Lipinski definition) is 0. The van der Waals surface area contributed by atoms with Crippen LogP contribution in [0.4, 0.5) is 17.3 Å². The van der Waals surface area contributed by atoms with Gasteiger partial charge < -0.3 is 0 Å². The van der Waals surface area contributed by atoms with Gasteiger partial charge in [0.2, 0.25) is 17.9 Å². The summed E-state index contributed by atoms with van der Waals surface area (Å²) in [6, 6.07) is 79.7. The van der Waals surface area contributed by atoms with E-state index in [1.807, 2.05) is 121 Å². The third-order valence-corrected chi connectivity index (χ3v) is 14.7. The molecule has 3 aromatic heterocycles. The molecule has 5 heterocycles. The Morgan fingerprint density at radius 2 is 0.805 bits per heavy atom. The molecule has 1 aliphatic carbocycles. The number of aromatic nitrogens is 7. The number of guanidine groups is 1. The van der Waals surface area contributed by atoms with Crippen LogP contribution in [0.3, 0.4) is 0 Å². The Hall–Kier alpha value is -10.5. The van der Waals surface area contributed by atoms with E-state index in [1.165, 1.54) is 0 Å². The fourth-order valence-corrected chi connectivity index (χ4v) is 11.2. The van der Waals surface area contributed by atoms with Gasteiger partial charge in [-0.1, -0.05) is 224 Å². The quantitative estimate of drug-likeness (QED) is 0.141. The van der Waals surface area contributed by atoms with E-state index in [1.54, 1.807) is 0 Å². The second-order valence-corrected chi connectivity index (χ2v) is 19.3. The molecule has 0 bridgehead atoms. The summed E-state index contributed by atoms with van der Waals surface area (Å²) < 4.78 is 2.19. The summed E-state index contributed by atoms with van der Waals surface area (Å²) in [7, 11) is 0. The maximum atomic E-state index is 5.40. The molecule has 0 radical (unpaired) electrons. The number of anilines is 3. The zero-order valence-electron chi connectivity index (χ0n) is 41.4. The van der Waals surface area contributed by atoms with Gasteiger partial charge in [-0.2, -0.15) is 19.9 Å². The first-order chi connectivity index (χ1) is 38.2. The molecule has 0 saturated carbocycles. The van der Waals surface area contributed by atoms with Crippen LogP contribution in [-0.4, -0.2) is 52.5 Å². The van der Waals surface area contributed by atoms with E-state index >= 15 is 0 Å². The summed E-state index contributed by atoms with van der Waals surface area (Å²) in [4.78, 5) is 40.7. The van der Waals surface area contributed by atoms with E-state index < -0.39 is 0 Å². The maximum absolute atomic E-state index is 5.40. The number of aliphatic imine (C=N–C) groups is 1. The Bertz CT molecular complexity index is 4250. The van der Waals surface area contributed by atoms with Gasteiger partial charge >= 0.3 is 0 Å². The van der Waals surface area contributed by atoms with Crippen molar-refractivity contribution >= 4 is 45.1 Å². The lowest BCUT2D eigenvalue weighted by Gasteiger charge is -2.26. The Balaban J connectivity index is 0.845. The highest BCUT2D eigenvalue weighted by Crippen LogP contribution is 2.51. The Kier molecular flexibility index (Phi) is 10.4. The van der Waals surface area contributed by atoms with Crippen molar-refractivity contribution in [3.63, 3.8) is 0 Å². The highest BCUT2D eigenvalue weighted by atomic mass is 15.5. The molecular weight excluding hydrogens is 945 g/mol. The minimum absolute atomic E-state index is 0.0283. The van der Waals surface area contributed by atoms with Crippen LogP contribution in [0.25, 0.3) is 107 Å². The summed E-state index contributed by atoms with van der Waals surface area (Å²) in [6.07, 6.45) is 8.63. The third-order valence-electron chi connectivity index (χ3n) is 14.7. The van der Waals surface area contributed by atoms with Crippen molar-refractivity contribution < 1.29 is 0 Å². The first kappa shape index (κ1) is 44.1. The number of hydrogen-bond acceptors (Lipinski definition) is 9. The van der Waals surface area contributed by atoms with Gasteiger partial charge in [0, 0.05) is 38.6 Å². The largest absolute Gasteiger partial charge is 0.300 e. The van der Waals surface area contributed by atoms with Crippen molar-refractivity contribution in [2.24, 2.45) is 4.99 Å². The number of rotatable bonds is 9. The van der Waals surface area contributed by atoms with Crippen LogP contribution >= 0.6 is 0 Å². The molecule has 9 aromatic carbocycles. The second kappa shape index (κ2) is 18.2. The number of allylic oxidation sites excluding steroid dienone is 2. The van der Waals surface area contributed by atoms with Gasteiger partial charge in [0.1, 0.15) is 0 Å². The molecule has 10 heteroatoms. The molecule has 0 spiro atoms. The number of benzene rings is 9. The van der Waals surface area contributed by atoms with Crippen LogP contribution in [0, 0.1) is 0 Å². The van der Waals surface area contributed by atoms with E-state index in [-0.39, 0.29) is 12.1 Å². The Morgan fingerprint density at radius 1 is 0.351 bits per heavy atom. The van der Waals surface area contributed by atoms with Crippen molar-refractivity contribution in [2.75, 3.05) is 9.80 Å². The molecule has 3 aliphatic rings. The van der Waals surface area contributed by atoms with E-state index in [2.05, 4.69) is 148 Å². The lowest BCUT2D eigenvalue weighted by atomic mass is 9.93. The molecule has 2 atom stereocenters. The minimum atomic E-state index is -0.0777. The topological polar surface area (TPSA) is 101 Å². The highest BCUT2D eigenvalue weighted by Gasteiger charge is 2.47. The van der Waals surface area contributed by atoms with Gasteiger partial charge in [0.15, 0.2) is 23.3 Å². The van der Waals surface area contributed by atoms with Crippen LogP contribution in [-0.2, 0) is 0 Å². The predicted molar refractivity (Wildman–Crippen MR) is 310 cm³/mol. The molecule has 12 aromatic rings. The van der Waals surface area contributed by atoms with Gasteiger partial charge in [-0.25, -0.2) is 19.9 Å². The van der Waals surface area contributed by atoms with Crippen LogP contribution in [0.2, 0.25) is 0 Å². The fraction of sp³-hybridized carbons (Fsp3) is 0.0299. The summed E-state index contributed by atoms with van der Waals surface area (Å²) in [6.45, 7) is 0. The zero-order valence-corrected chi connectivity index (χ0v) is 41.4. The van der Waals surface area contributed by atoms with E-state index in [0.717, 1.165) is 94.8 Å². The summed E-state index contributed by atoms with van der Waals surface area (Å²) in [5, 5.41) is 2.24. The van der Waals surface area contributed by atoms with Crippen molar-refractivity contribution in [3.8, 4) is 84.9 Å². The Morgan fingerprint density at radius 3 is 1.40 bits per heavy atom. The van der Waals surface area contributed by atoms with E-state index in [4.69, 9.17) is 34.9 Å². The average molecular weight is 989 g/mol. The van der Waals surface area contributed by atoms with Crippen molar-refractivity contribution in [1.29, 1.82) is 0 Å². The zero-order chi connectivity index (χ0) is 50.8. The monoisotopic (exact) mass is 988 g/mol. The van der Waals surface area contributed by atoms with E-state index in [9.17, 15) is 0 Å². The predicted octanol–water partition coefficient (Wildman–Crippen LogP) is 15.0. The molecule has 77 heavy (non-hydrogen) atoms. The minimum Gasteiger partial charge on any atom is -0.300 e. The lowest BCUT2D eigenvalue weighted by molar-refractivity contribution is 0.741. The molecule has 0 N–H and O–H groups in total. The molecule has 362 valence electrons. The summed E-state index contributed by atoms with van der Waals surface area (Å²) in [5.41, 5.74) is 14.3. The number of fused-ring (bicyclic) bond motifs is 8. The molecule has 10 nitrogen and oxygen atoms in total. The smallest absolute Gasteiger partial charge is 0.241 e. The summed E-state index contributed by atoms with van der Waals surface area (Å²) >= 11 is 0. The summed E-state index contributed by atoms with van der Waals surface area (Å²) in [5.74, 6) is 4.27. The van der Waals surface area contributed by atoms with E-state index in [0.29, 0.717) is 35.2 Å². The van der Waals surface area contributed by atoms with Gasteiger partial charge in [-0.05, 0) is 58.1 Å². The number of nitrogens with zero attached hydrogens (tertiary/aromatic N) is 10. The van der Waals surface area contributed by atoms with Crippen molar-refractivity contribution in [3.05, 3.63) is 255 Å². The molecule has 0 amide bonds. The van der Waals surface area contributed by atoms with Gasteiger partial charge in [0.25, 0.3) is 0 Å². The SMILES string of the molecule is C1=CC2N=C3N(c4nc(-c5ccccc5)nc(-c5ccccc5)n4)c4cccc(-c5cccc(-c6cccc(-c7cccc8c7c7ccccc7n8-c7nc(-c8ccccc8)nc(-c8ccccc8)n7)c6)c5)c4N3C2C=C1. The fourth-order valence-electron chi connectivity index (χ4n) is 11.2. The lowest BCUT2D eigenvalue weighted by Crippen LogP contribution is -2.40. The molecule has 0 fully saturated rings. The molecule has 0 saturated heterocycles. The van der Waals surface area contributed by atoms with Crippen LogP contribution < -0.4 is 9.80 Å². The van der Waals surface area contributed by atoms with Gasteiger partial charge in [-0.15, -0.1) is 0 Å². The highest BCUT2D eigenvalue weighted by molar-refractivity contribution is 6.24. The second-order valence-electron chi connectivity index (χ2n) is 19.3. The molecule has 15 rings (SSSR count). The van der Waals surface area contributed by atoms with Crippen molar-refractivity contribution in [2.45, 2.75) is 12.1 Å². The van der Waals surface area contributed by atoms with Crippen LogP contribution in [0.1, 0.15) is 0 Å². The van der Waals surface area contributed by atoms with Crippen molar-refractivity contribution in [1.82, 2.24) is 34.5 Å². The molecule has 2 unspecified atom stereocenters. The third kappa shape index (κ3) is 7.53. The van der Waals surface area contributed by atoms with Crippen LogP contribution in [0.5, 0.6) is 0 Å². The maximum Gasteiger partial charge on any atom is 0.241 e. The van der Waals surface area contributed by atoms with Gasteiger partial charge in [-0.3, -0.25) is 9.47 Å². The molecule has 2 aliphatic heterocycles. The number of para-hydroxylation sites is 2. The Labute approximate surface area is 444 Å². The normalized spacial score (nSPS) is 15.2. The average Bonchev–Trinajstić information content (AvgIpc) is 4.27. The standard InChI is InChI=1S/C67H44N10/c1-5-21-43(22-6-1)61-69-62(44-23-7-2-8-24-44)72-65(71-61)75-55-37-15-13-33-53(55)59-51(34-19-39-57(59)75)49-31-17-29-47(41-49)48-30-18-32-50(42-48)52-35-20-40-58-60(52)76-56-38-16-14-36-54(56)68-67(76)77(58)66-73-63(45-25-9-3-10-26-45)70-64(74-66)46-27-11-4-12-28-46/h1-42,54,56H. The van der Waals surface area contributed by atoms with Crippen LogP contribution in [0.15, 0.2) is 260 Å².